The molecule has 1 amide bonds. The molecule has 0 radical (unpaired) electrons. The first-order chi connectivity index (χ1) is 12.1. The molecular weight excluding hydrogens is 346 g/mol. The van der Waals surface area contributed by atoms with Gasteiger partial charge in [-0.05, 0) is 25.0 Å². The van der Waals surface area contributed by atoms with E-state index in [1.807, 2.05) is 0 Å². The van der Waals surface area contributed by atoms with E-state index >= 15 is 0 Å². The molecule has 1 fully saturated rings. The van der Waals surface area contributed by atoms with E-state index < -0.39 is 5.54 Å². The number of amides is 1. The SMILES string of the molecule is Cc1nc(C2(NC(=O)c3cc(Cl)c4c(c3)OCCO4)CCCC2)no1. The third kappa shape index (κ3) is 2.93. The Bertz CT molecular complexity index is 814. The number of halogens is 1. The molecule has 0 spiro atoms. The summed E-state index contributed by atoms with van der Waals surface area (Å²) in [5.74, 6) is 1.73. The monoisotopic (exact) mass is 363 g/mol. The number of nitrogens with one attached hydrogen (secondary N) is 1. The van der Waals surface area contributed by atoms with Gasteiger partial charge in [-0.25, -0.2) is 0 Å². The standard InChI is InChI=1S/C17H18ClN3O4/c1-10-19-16(21-25-10)17(4-2-3-5-17)20-15(22)11-8-12(18)14-13(9-11)23-6-7-24-14/h8-9H,2-7H2,1H3,(H,20,22). The molecule has 4 rings (SSSR count). The number of hydrogen-bond acceptors (Lipinski definition) is 6. The Balaban J connectivity index is 1.63. The maximum Gasteiger partial charge on any atom is 0.252 e. The first kappa shape index (κ1) is 16.2. The highest BCUT2D eigenvalue weighted by Crippen LogP contribution is 2.40. The van der Waals surface area contributed by atoms with Crippen LogP contribution in [-0.4, -0.2) is 29.3 Å². The number of fused-ring (bicyclic) bond motifs is 1. The van der Waals surface area contributed by atoms with Gasteiger partial charge in [-0.1, -0.05) is 29.6 Å². The summed E-state index contributed by atoms with van der Waals surface area (Å²) in [4.78, 5) is 17.2. The molecule has 1 aromatic heterocycles. The molecule has 1 saturated carbocycles. The molecule has 1 aromatic carbocycles. The third-order valence-corrected chi connectivity index (χ3v) is 4.91. The lowest BCUT2D eigenvalue weighted by Crippen LogP contribution is -2.44. The molecular formula is C17H18ClN3O4. The molecule has 1 aliphatic carbocycles. The lowest BCUT2D eigenvalue weighted by molar-refractivity contribution is 0.0890. The van der Waals surface area contributed by atoms with Gasteiger partial charge in [0.2, 0.25) is 5.89 Å². The van der Waals surface area contributed by atoms with Crippen molar-refractivity contribution in [3.8, 4) is 11.5 Å². The first-order valence-electron chi connectivity index (χ1n) is 8.30. The topological polar surface area (TPSA) is 86.5 Å². The minimum absolute atomic E-state index is 0.247. The first-order valence-corrected chi connectivity index (χ1v) is 8.68. The van der Waals surface area contributed by atoms with Crippen LogP contribution in [0.4, 0.5) is 0 Å². The van der Waals surface area contributed by atoms with Crippen LogP contribution in [0.2, 0.25) is 5.02 Å². The van der Waals surface area contributed by atoms with Crippen LogP contribution in [0.25, 0.3) is 0 Å². The van der Waals surface area contributed by atoms with Crippen molar-refractivity contribution < 1.29 is 18.8 Å². The molecule has 2 aliphatic rings. The highest BCUT2D eigenvalue weighted by atomic mass is 35.5. The number of carbonyl (C=O) groups excluding carboxylic acids is 1. The Hall–Kier alpha value is -2.28. The molecule has 2 aromatic rings. The Kier molecular flexibility index (Phi) is 4.03. The number of benzene rings is 1. The van der Waals surface area contributed by atoms with Gasteiger partial charge in [-0.2, -0.15) is 4.98 Å². The number of ether oxygens (including phenoxy) is 2. The van der Waals surface area contributed by atoms with Crippen LogP contribution < -0.4 is 14.8 Å². The summed E-state index contributed by atoms with van der Waals surface area (Å²) in [6.45, 7) is 2.61. The molecule has 8 heteroatoms. The fraction of sp³-hybridized carbons (Fsp3) is 0.471. The second-order valence-electron chi connectivity index (χ2n) is 6.36. The van der Waals surface area contributed by atoms with Crippen LogP contribution in [0, 0.1) is 6.92 Å². The third-order valence-electron chi connectivity index (χ3n) is 4.62. The van der Waals surface area contributed by atoms with E-state index in [1.165, 1.54) is 0 Å². The van der Waals surface area contributed by atoms with Gasteiger partial charge >= 0.3 is 0 Å². The van der Waals surface area contributed by atoms with Gasteiger partial charge in [-0.3, -0.25) is 4.79 Å². The normalized spacial score (nSPS) is 18.2. The minimum Gasteiger partial charge on any atom is -0.486 e. The number of carbonyl (C=O) groups is 1. The van der Waals surface area contributed by atoms with Crippen molar-refractivity contribution >= 4 is 17.5 Å². The maximum absolute atomic E-state index is 12.9. The number of rotatable bonds is 3. The van der Waals surface area contributed by atoms with Crippen molar-refractivity contribution in [2.75, 3.05) is 13.2 Å². The number of hydrogen-bond donors (Lipinski definition) is 1. The summed E-state index contributed by atoms with van der Waals surface area (Å²) in [7, 11) is 0. The number of nitrogens with zero attached hydrogens (tertiary/aromatic N) is 2. The molecule has 0 unspecified atom stereocenters. The summed E-state index contributed by atoms with van der Waals surface area (Å²) in [5.41, 5.74) is -0.185. The molecule has 25 heavy (non-hydrogen) atoms. The Morgan fingerprint density at radius 3 is 2.72 bits per heavy atom. The molecule has 0 bridgehead atoms. The minimum atomic E-state index is -0.603. The lowest BCUT2D eigenvalue weighted by Gasteiger charge is -2.27. The molecule has 1 N–H and O–H groups in total. The van der Waals surface area contributed by atoms with E-state index in [9.17, 15) is 4.79 Å². The van der Waals surface area contributed by atoms with Crippen molar-refractivity contribution in [1.82, 2.24) is 15.5 Å². The predicted molar refractivity (Wildman–Crippen MR) is 89.1 cm³/mol. The summed E-state index contributed by atoms with van der Waals surface area (Å²) in [6, 6.07) is 3.24. The Morgan fingerprint density at radius 1 is 1.24 bits per heavy atom. The summed E-state index contributed by atoms with van der Waals surface area (Å²) < 4.78 is 16.2. The van der Waals surface area contributed by atoms with Gasteiger partial charge in [0.05, 0.1) is 5.02 Å². The van der Waals surface area contributed by atoms with Crippen molar-refractivity contribution in [3.05, 3.63) is 34.4 Å². The van der Waals surface area contributed by atoms with Crippen molar-refractivity contribution in [3.63, 3.8) is 0 Å². The molecule has 2 heterocycles. The maximum atomic E-state index is 12.9. The highest BCUT2D eigenvalue weighted by Gasteiger charge is 2.41. The molecule has 132 valence electrons. The van der Waals surface area contributed by atoms with E-state index in [4.69, 9.17) is 25.6 Å². The van der Waals surface area contributed by atoms with Gasteiger partial charge in [0, 0.05) is 12.5 Å². The van der Waals surface area contributed by atoms with E-state index in [2.05, 4.69) is 15.5 Å². The second kappa shape index (κ2) is 6.22. The van der Waals surface area contributed by atoms with Gasteiger partial charge < -0.3 is 19.3 Å². The lowest BCUT2D eigenvalue weighted by atomic mass is 9.95. The van der Waals surface area contributed by atoms with Gasteiger partial charge in [0.1, 0.15) is 18.8 Å². The smallest absolute Gasteiger partial charge is 0.252 e. The molecule has 1 aliphatic heterocycles. The van der Waals surface area contributed by atoms with Crippen LogP contribution in [0.3, 0.4) is 0 Å². The molecule has 7 nitrogen and oxygen atoms in total. The quantitative estimate of drug-likeness (QED) is 0.902. The van der Waals surface area contributed by atoms with Gasteiger partial charge in [0.25, 0.3) is 5.91 Å². The van der Waals surface area contributed by atoms with E-state index in [0.717, 1.165) is 25.7 Å². The predicted octanol–water partition coefficient (Wildman–Crippen LogP) is 3.00. The fourth-order valence-electron chi connectivity index (χ4n) is 3.41. The number of aromatic nitrogens is 2. The van der Waals surface area contributed by atoms with Crippen LogP contribution in [0.5, 0.6) is 11.5 Å². The van der Waals surface area contributed by atoms with Crippen molar-refractivity contribution in [1.29, 1.82) is 0 Å². The van der Waals surface area contributed by atoms with E-state index in [1.54, 1.807) is 19.1 Å². The van der Waals surface area contributed by atoms with Crippen molar-refractivity contribution in [2.45, 2.75) is 38.1 Å². The van der Waals surface area contributed by atoms with E-state index in [0.29, 0.717) is 47.0 Å². The van der Waals surface area contributed by atoms with Crippen LogP contribution in [0.1, 0.15) is 47.8 Å². The zero-order chi connectivity index (χ0) is 17.4. The van der Waals surface area contributed by atoms with Gasteiger partial charge in [-0.15, -0.1) is 0 Å². The average Bonchev–Trinajstić information content (AvgIpc) is 3.25. The average molecular weight is 364 g/mol. The summed E-state index contributed by atoms with van der Waals surface area (Å²) >= 11 is 6.24. The zero-order valence-corrected chi connectivity index (χ0v) is 14.6. The van der Waals surface area contributed by atoms with Crippen LogP contribution in [0.15, 0.2) is 16.7 Å². The van der Waals surface area contributed by atoms with E-state index in [-0.39, 0.29) is 5.91 Å². The largest absolute Gasteiger partial charge is 0.486 e. The Labute approximate surface area is 149 Å². The zero-order valence-electron chi connectivity index (χ0n) is 13.8. The highest BCUT2D eigenvalue weighted by molar-refractivity contribution is 6.32. The van der Waals surface area contributed by atoms with Crippen LogP contribution >= 0.6 is 11.6 Å². The number of aryl methyl sites for hydroxylation is 1. The van der Waals surface area contributed by atoms with Crippen molar-refractivity contribution in [2.24, 2.45) is 0 Å². The summed E-state index contributed by atoms with van der Waals surface area (Å²) in [6.07, 6.45) is 3.54. The second-order valence-corrected chi connectivity index (χ2v) is 6.77. The molecule has 0 atom stereocenters. The Morgan fingerprint density at radius 2 is 2.00 bits per heavy atom. The van der Waals surface area contributed by atoms with Crippen LogP contribution in [-0.2, 0) is 5.54 Å². The van der Waals surface area contributed by atoms with Gasteiger partial charge in [0.15, 0.2) is 17.3 Å². The fourth-order valence-corrected chi connectivity index (χ4v) is 3.67. The summed E-state index contributed by atoms with van der Waals surface area (Å²) in [5, 5.41) is 7.49. The molecule has 0 saturated heterocycles.